The second-order valence-corrected chi connectivity index (χ2v) is 4.45. The van der Waals surface area contributed by atoms with Crippen LogP contribution in [0.4, 0.5) is 0 Å². The quantitative estimate of drug-likeness (QED) is 0.668. The summed E-state index contributed by atoms with van der Waals surface area (Å²) in [6.45, 7) is 4.61. The van der Waals surface area contributed by atoms with Crippen LogP contribution < -0.4 is 5.73 Å². The number of piperidine rings is 1. The second kappa shape index (κ2) is 3.75. The van der Waals surface area contributed by atoms with Gasteiger partial charge in [-0.05, 0) is 31.1 Å². The maximum atomic E-state index is 5.57. The normalized spacial score (nSPS) is 36.8. The molecule has 2 heteroatoms. The highest BCUT2D eigenvalue weighted by Crippen LogP contribution is 2.33. The SMILES string of the molecule is NCCN1C[C@@H]2CCC[C@H](C2)C1. The van der Waals surface area contributed by atoms with Crippen LogP contribution in [0.15, 0.2) is 0 Å². The summed E-state index contributed by atoms with van der Waals surface area (Å²) in [4.78, 5) is 2.57. The van der Waals surface area contributed by atoms with Crippen molar-refractivity contribution in [1.82, 2.24) is 4.90 Å². The molecule has 2 fully saturated rings. The minimum absolute atomic E-state index is 0.833. The Kier molecular flexibility index (Phi) is 2.66. The Hall–Kier alpha value is -0.0800. The van der Waals surface area contributed by atoms with Crippen molar-refractivity contribution in [2.75, 3.05) is 26.2 Å². The highest BCUT2D eigenvalue weighted by Gasteiger charge is 2.29. The molecule has 70 valence electrons. The summed E-state index contributed by atoms with van der Waals surface area (Å²) >= 11 is 0. The molecule has 1 saturated carbocycles. The van der Waals surface area contributed by atoms with Crippen LogP contribution in [0.5, 0.6) is 0 Å². The van der Waals surface area contributed by atoms with E-state index < -0.39 is 0 Å². The number of rotatable bonds is 2. The molecule has 0 amide bonds. The molecule has 0 spiro atoms. The molecule has 0 unspecified atom stereocenters. The largest absolute Gasteiger partial charge is 0.329 e. The summed E-state index contributed by atoms with van der Waals surface area (Å²) in [7, 11) is 0. The van der Waals surface area contributed by atoms with Gasteiger partial charge in [-0.25, -0.2) is 0 Å². The average molecular weight is 168 g/mol. The predicted molar refractivity (Wildman–Crippen MR) is 50.9 cm³/mol. The first kappa shape index (κ1) is 8.52. The van der Waals surface area contributed by atoms with E-state index in [1.54, 1.807) is 0 Å². The average Bonchev–Trinajstić information content (AvgIpc) is 2.04. The molecule has 2 atom stereocenters. The summed E-state index contributed by atoms with van der Waals surface area (Å²) in [6, 6.07) is 0. The summed E-state index contributed by atoms with van der Waals surface area (Å²) < 4.78 is 0. The van der Waals surface area contributed by atoms with E-state index in [-0.39, 0.29) is 0 Å². The van der Waals surface area contributed by atoms with Gasteiger partial charge in [-0.2, -0.15) is 0 Å². The zero-order valence-corrected chi connectivity index (χ0v) is 7.84. The number of hydrogen-bond donors (Lipinski definition) is 1. The van der Waals surface area contributed by atoms with Gasteiger partial charge < -0.3 is 10.6 Å². The van der Waals surface area contributed by atoms with Gasteiger partial charge in [-0.3, -0.25) is 0 Å². The predicted octanol–water partition coefficient (Wildman–Crippen LogP) is 1.07. The molecular weight excluding hydrogens is 148 g/mol. The first-order valence-corrected chi connectivity index (χ1v) is 5.31. The molecule has 0 aromatic heterocycles. The number of hydrogen-bond acceptors (Lipinski definition) is 2. The van der Waals surface area contributed by atoms with Crippen molar-refractivity contribution in [3.8, 4) is 0 Å². The molecular formula is C10H20N2. The van der Waals surface area contributed by atoms with Gasteiger partial charge in [-0.15, -0.1) is 0 Å². The molecule has 0 aromatic rings. The van der Waals surface area contributed by atoms with Crippen molar-refractivity contribution in [2.24, 2.45) is 17.6 Å². The lowest BCUT2D eigenvalue weighted by atomic mass is 9.78. The summed E-state index contributed by atoms with van der Waals surface area (Å²) in [5, 5.41) is 0. The Labute approximate surface area is 75.1 Å². The Morgan fingerprint density at radius 2 is 1.83 bits per heavy atom. The molecule has 2 N–H and O–H groups in total. The van der Waals surface area contributed by atoms with Crippen molar-refractivity contribution in [1.29, 1.82) is 0 Å². The van der Waals surface area contributed by atoms with Crippen LogP contribution in [0, 0.1) is 11.8 Å². The topological polar surface area (TPSA) is 29.3 Å². The number of likely N-dealkylation sites (tertiary alicyclic amines) is 1. The third-order valence-electron chi connectivity index (χ3n) is 3.37. The van der Waals surface area contributed by atoms with Gasteiger partial charge in [0, 0.05) is 26.2 Å². The Balaban J connectivity index is 1.87. The van der Waals surface area contributed by atoms with Crippen LogP contribution in [0.3, 0.4) is 0 Å². The Morgan fingerprint density at radius 3 is 2.42 bits per heavy atom. The summed E-state index contributed by atoms with van der Waals surface area (Å²) in [6.07, 6.45) is 5.92. The second-order valence-electron chi connectivity index (χ2n) is 4.45. The molecule has 1 aliphatic heterocycles. The van der Waals surface area contributed by atoms with E-state index in [9.17, 15) is 0 Å². The van der Waals surface area contributed by atoms with Crippen LogP contribution in [-0.2, 0) is 0 Å². The highest BCUT2D eigenvalue weighted by atomic mass is 15.1. The van der Waals surface area contributed by atoms with E-state index in [1.165, 1.54) is 38.8 Å². The monoisotopic (exact) mass is 168 g/mol. The number of nitrogens with two attached hydrogens (primary N) is 1. The van der Waals surface area contributed by atoms with Crippen molar-refractivity contribution in [2.45, 2.75) is 25.7 Å². The van der Waals surface area contributed by atoms with Gasteiger partial charge in [0.1, 0.15) is 0 Å². The van der Waals surface area contributed by atoms with Crippen molar-refractivity contribution >= 4 is 0 Å². The third kappa shape index (κ3) is 1.80. The van der Waals surface area contributed by atoms with Crippen molar-refractivity contribution in [3.05, 3.63) is 0 Å². The van der Waals surface area contributed by atoms with Gasteiger partial charge in [0.25, 0.3) is 0 Å². The molecule has 1 heterocycles. The molecule has 2 aliphatic rings. The fraction of sp³-hybridized carbons (Fsp3) is 1.00. The third-order valence-corrected chi connectivity index (χ3v) is 3.37. The van der Waals surface area contributed by atoms with Crippen LogP contribution in [-0.4, -0.2) is 31.1 Å². The first-order chi connectivity index (χ1) is 5.88. The standard InChI is InChI=1S/C10H20N2/c11-4-5-12-7-9-2-1-3-10(6-9)8-12/h9-10H,1-8,11H2/t9-,10-/m1/s1. The molecule has 1 saturated heterocycles. The van der Waals surface area contributed by atoms with Crippen LogP contribution >= 0.6 is 0 Å². The lowest BCUT2D eigenvalue weighted by Gasteiger charge is -2.41. The molecule has 1 aliphatic carbocycles. The fourth-order valence-electron chi connectivity index (χ4n) is 2.90. The van der Waals surface area contributed by atoms with Crippen molar-refractivity contribution < 1.29 is 0 Å². The Bertz CT molecular complexity index is 135. The van der Waals surface area contributed by atoms with E-state index >= 15 is 0 Å². The lowest BCUT2D eigenvalue weighted by Crippen LogP contribution is -2.44. The maximum absolute atomic E-state index is 5.57. The van der Waals surface area contributed by atoms with E-state index in [0.29, 0.717) is 0 Å². The first-order valence-electron chi connectivity index (χ1n) is 5.31. The van der Waals surface area contributed by atoms with Gasteiger partial charge in [0.05, 0.1) is 0 Å². The highest BCUT2D eigenvalue weighted by molar-refractivity contribution is 4.83. The Morgan fingerprint density at radius 1 is 1.17 bits per heavy atom. The van der Waals surface area contributed by atoms with E-state index in [4.69, 9.17) is 5.73 Å². The lowest BCUT2D eigenvalue weighted by molar-refractivity contribution is 0.0888. The smallest absolute Gasteiger partial charge is 0.0105 e. The van der Waals surface area contributed by atoms with Gasteiger partial charge in [0.2, 0.25) is 0 Å². The molecule has 2 bridgehead atoms. The molecule has 0 radical (unpaired) electrons. The minimum atomic E-state index is 0.833. The molecule has 12 heavy (non-hydrogen) atoms. The van der Waals surface area contributed by atoms with Gasteiger partial charge >= 0.3 is 0 Å². The van der Waals surface area contributed by atoms with Crippen molar-refractivity contribution in [3.63, 3.8) is 0 Å². The maximum Gasteiger partial charge on any atom is 0.0105 e. The molecule has 0 aromatic carbocycles. The molecule has 2 nitrogen and oxygen atoms in total. The minimum Gasteiger partial charge on any atom is -0.329 e. The number of fused-ring (bicyclic) bond motifs is 2. The van der Waals surface area contributed by atoms with Crippen LogP contribution in [0.1, 0.15) is 25.7 Å². The summed E-state index contributed by atoms with van der Waals surface area (Å²) in [5.74, 6) is 2.01. The summed E-state index contributed by atoms with van der Waals surface area (Å²) in [5.41, 5.74) is 5.57. The van der Waals surface area contributed by atoms with E-state index in [2.05, 4.69) is 4.90 Å². The molecule has 2 rings (SSSR count). The fourth-order valence-corrected chi connectivity index (χ4v) is 2.90. The van der Waals surface area contributed by atoms with Crippen LogP contribution in [0.25, 0.3) is 0 Å². The van der Waals surface area contributed by atoms with Gasteiger partial charge in [0.15, 0.2) is 0 Å². The van der Waals surface area contributed by atoms with E-state index in [0.717, 1.165) is 24.9 Å². The number of nitrogens with zero attached hydrogens (tertiary/aromatic N) is 1. The van der Waals surface area contributed by atoms with Crippen LogP contribution in [0.2, 0.25) is 0 Å². The zero-order valence-electron chi connectivity index (χ0n) is 7.84. The van der Waals surface area contributed by atoms with E-state index in [1.807, 2.05) is 0 Å². The van der Waals surface area contributed by atoms with Gasteiger partial charge in [-0.1, -0.05) is 6.42 Å². The zero-order chi connectivity index (χ0) is 8.39.